The van der Waals surface area contributed by atoms with Gasteiger partial charge in [-0.05, 0) is 19.3 Å². The molecule has 0 N–H and O–H groups in total. The third kappa shape index (κ3) is 4.25. The largest absolute Gasteiger partial charge is 0.378 e. The van der Waals surface area contributed by atoms with Gasteiger partial charge in [0.25, 0.3) is 0 Å². The Balaban J connectivity index is 1.50. The fraction of sp³-hybridized carbons (Fsp3) is 0.750. The number of carbonyl (C=O) groups excluding carboxylic acids is 1. The molecule has 1 atom stereocenters. The number of hydrogen-bond acceptors (Lipinski definition) is 4. The van der Waals surface area contributed by atoms with Crippen molar-refractivity contribution in [2.24, 2.45) is 7.05 Å². The molecule has 3 rings (SSSR count). The fourth-order valence-corrected chi connectivity index (χ4v) is 3.43. The Bertz CT molecular complexity index is 542. The summed E-state index contributed by atoms with van der Waals surface area (Å²) in [6.07, 6.45) is 5.46. The molecule has 0 bridgehead atoms. The summed E-state index contributed by atoms with van der Waals surface area (Å²) < 4.78 is 7.49. The fourth-order valence-electron chi connectivity index (χ4n) is 3.28. The number of halogens is 1. The molecular weight excluding hydrogens is 316 g/mol. The smallest absolute Gasteiger partial charge is 0.225 e. The van der Waals surface area contributed by atoms with Crippen molar-refractivity contribution in [3.05, 3.63) is 17.2 Å². The van der Waals surface area contributed by atoms with Crippen LogP contribution in [0.1, 0.15) is 31.5 Å². The van der Waals surface area contributed by atoms with Gasteiger partial charge in [-0.1, -0.05) is 11.6 Å². The molecule has 6 nitrogen and oxygen atoms in total. The van der Waals surface area contributed by atoms with Crippen molar-refractivity contribution in [2.45, 2.75) is 38.3 Å². The number of carbonyl (C=O) groups is 1. The summed E-state index contributed by atoms with van der Waals surface area (Å²) in [5.74, 6) is 1.20. The number of hydrogen-bond donors (Lipinski definition) is 0. The maximum absolute atomic E-state index is 12.4. The second-order valence-electron chi connectivity index (χ2n) is 6.41. The zero-order chi connectivity index (χ0) is 16.2. The number of rotatable bonds is 4. The molecule has 0 spiro atoms. The molecule has 2 aliphatic heterocycles. The normalized spacial score (nSPS) is 23.2. The maximum Gasteiger partial charge on any atom is 0.225 e. The van der Waals surface area contributed by atoms with Gasteiger partial charge in [0.05, 0.1) is 25.3 Å². The number of nitrogens with zero attached hydrogens (tertiary/aromatic N) is 4. The van der Waals surface area contributed by atoms with Gasteiger partial charge in [-0.15, -0.1) is 0 Å². The summed E-state index contributed by atoms with van der Waals surface area (Å²) >= 11 is 6.04. The molecule has 23 heavy (non-hydrogen) atoms. The third-order valence-corrected chi connectivity index (χ3v) is 5.11. The minimum Gasteiger partial charge on any atom is -0.378 e. The highest BCUT2D eigenvalue weighted by atomic mass is 35.5. The predicted molar refractivity (Wildman–Crippen MR) is 88.3 cm³/mol. The molecule has 0 aliphatic carbocycles. The third-order valence-electron chi connectivity index (χ3n) is 4.76. The second kappa shape index (κ2) is 7.64. The van der Waals surface area contributed by atoms with Crippen LogP contribution in [0.3, 0.4) is 0 Å². The Morgan fingerprint density at radius 1 is 1.35 bits per heavy atom. The van der Waals surface area contributed by atoms with Gasteiger partial charge >= 0.3 is 0 Å². The number of aromatic nitrogens is 2. The molecule has 1 aromatic heterocycles. The van der Waals surface area contributed by atoms with E-state index >= 15 is 0 Å². The van der Waals surface area contributed by atoms with Gasteiger partial charge in [-0.3, -0.25) is 9.69 Å². The molecule has 0 radical (unpaired) electrons. The lowest BCUT2D eigenvalue weighted by Gasteiger charge is -2.23. The monoisotopic (exact) mass is 340 g/mol. The molecule has 2 fully saturated rings. The van der Waals surface area contributed by atoms with E-state index < -0.39 is 0 Å². The van der Waals surface area contributed by atoms with E-state index in [1.165, 1.54) is 0 Å². The predicted octanol–water partition coefficient (Wildman–Crippen LogP) is 1.68. The van der Waals surface area contributed by atoms with Crippen LogP contribution in [-0.4, -0.2) is 64.1 Å². The van der Waals surface area contributed by atoms with Crippen molar-refractivity contribution < 1.29 is 9.53 Å². The average Bonchev–Trinajstić information content (AvgIpc) is 3.07. The van der Waals surface area contributed by atoms with Gasteiger partial charge in [-0.25, -0.2) is 4.98 Å². The minimum absolute atomic E-state index is 0.136. The van der Waals surface area contributed by atoms with Crippen molar-refractivity contribution in [1.29, 1.82) is 0 Å². The van der Waals surface area contributed by atoms with E-state index in [2.05, 4.69) is 9.88 Å². The van der Waals surface area contributed by atoms with Crippen LogP contribution in [0.25, 0.3) is 0 Å². The van der Waals surface area contributed by atoms with Crippen LogP contribution in [0.4, 0.5) is 0 Å². The lowest BCUT2D eigenvalue weighted by molar-refractivity contribution is -0.133. The number of amides is 1. The zero-order valence-corrected chi connectivity index (χ0v) is 14.5. The molecular formula is C16H25ClN4O2. The van der Waals surface area contributed by atoms with Crippen molar-refractivity contribution >= 4 is 17.5 Å². The number of ether oxygens (including phenoxy) is 1. The van der Waals surface area contributed by atoms with Gasteiger partial charge in [0.1, 0.15) is 11.0 Å². The van der Waals surface area contributed by atoms with E-state index in [0.717, 1.165) is 64.4 Å². The lowest BCUT2D eigenvalue weighted by atomic mass is 10.1. The first kappa shape index (κ1) is 16.7. The Hall–Kier alpha value is -1.11. The Kier molecular flexibility index (Phi) is 5.56. The first-order valence-corrected chi connectivity index (χ1v) is 8.79. The Morgan fingerprint density at radius 2 is 2.22 bits per heavy atom. The quantitative estimate of drug-likeness (QED) is 0.836. The highest BCUT2D eigenvalue weighted by Gasteiger charge is 2.24. The van der Waals surface area contributed by atoms with E-state index in [9.17, 15) is 4.79 Å². The molecule has 0 saturated carbocycles. The molecule has 0 unspecified atom stereocenters. The van der Waals surface area contributed by atoms with Gasteiger partial charge in [0, 0.05) is 39.8 Å². The van der Waals surface area contributed by atoms with Crippen LogP contribution in [0.2, 0.25) is 5.15 Å². The average molecular weight is 341 g/mol. The van der Waals surface area contributed by atoms with Crippen molar-refractivity contribution in [3.8, 4) is 0 Å². The maximum atomic E-state index is 12.4. The van der Waals surface area contributed by atoms with Crippen LogP contribution < -0.4 is 0 Å². The molecule has 7 heteroatoms. The number of imidazole rings is 1. The highest BCUT2D eigenvalue weighted by molar-refractivity contribution is 6.29. The summed E-state index contributed by atoms with van der Waals surface area (Å²) in [5, 5.41) is 0.656. The summed E-state index contributed by atoms with van der Waals surface area (Å²) in [4.78, 5) is 21.1. The molecule has 2 saturated heterocycles. The molecule has 128 valence electrons. The van der Waals surface area contributed by atoms with Gasteiger partial charge in [-0.2, -0.15) is 0 Å². The van der Waals surface area contributed by atoms with Gasteiger partial charge in [0.2, 0.25) is 5.91 Å². The Labute approximate surface area is 142 Å². The summed E-state index contributed by atoms with van der Waals surface area (Å²) in [6, 6.07) is 0. The van der Waals surface area contributed by atoms with E-state index in [0.29, 0.717) is 11.6 Å². The first-order chi connectivity index (χ1) is 11.1. The summed E-state index contributed by atoms with van der Waals surface area (Å²) in [7, 11) is 1.93. The second-order valence-corrected chi connectivity index (χ2v) is 6.79. The van der Waals surface area contributed by atoms with Gasteiger partial charge < -0.3 is 14.2 Å². The van der Waals surface area contributed by atoms with Crippen molar-refractivity contribution in [2.75, 3.05) is 32.8 Å². The molecule has 3 heterocycles. The van der Waals surface area contributed by atoms with Crippen LogP contribution in [0.15, 0.2) is 6.20 Å². The van der Waals surface area contributed by atoms with Crippen LogP contribution in [-0.2, 0) is 23.1 Å². The minimum atomic E-state index is 0.136. The zero-order valence-electron chi connectivity index (χ0n) is 13.7. The van der Waals surface area contributed by atoms with Crippen molar-refractivity contribution in [1.82, 2.24) is 19.4 Å². The van der Waals surface area contributed by atoms with Crippen molar-refractivity contribution in [3.63, 3.8) is 0 Å². The first-order valence-electron chi connectivity index (χ1n) is 8.41. The summed E-state index contributed by atoms with van der Waals surface area (Å²) in [5.41, 5.74) is 0. The lowest BCUT2D eigenvalue weighted by Crippen LogP contribution is -2.36. The SMILES string of the molecule is Cn1c(Cl)cnc1CN1CCCN(C(=O)C[C@H]2CCCO2)CC1. The molecule has 1 amide bonds. The Morgan fingerprint density at radius 3 is 2.91 bits per heavy atom. The molecule has 1 aromatic rings. The van der Waals surface area contributed by atoms with E-state index in [1.807, 2.05) is 16.5 Å². The van der Waals surface area contributed by atoms with Crippen LogP contribution >= 0.6 is 11.6 Å². The van der Waals surface area contributed by atoms with Crippen LogP contribution in [0.5, 0.6) is 0 Å². The molecule has 0 aromatic carbocycles. The summed E-state index contributed by atoms with van der Waals surface area (Å²) in [6.45, 7) is 5.05. The molecule has 2 aliphatic rings. The standard InChI is InChI=1S/C16H25ClN4O2/c1-19-14(17)11-18-15(19)12-20-5-3-6-21(8-7-20)16(22)10-13-4-2-9-23-13/h11,13H,2-10,12H2,1H3/t13-/m1/s1. The van der Waals surface area contributed by atoms with E-state index in [4.69, 9.17) is 16.3 Å². The topological polar surface area (TPSA) is 50.6 Å². The van der Waals surface area contributed by atoms with Gasteiger partial charge in [0.15, 0.2) is 0 Å². The van der Waals surface area contributed by atoms with E-state index in [1.54, 1.807) is 6.20 Å². The van der Waals surface area contributed by atoms with Crippen LogP contribution in [0, 0.1) is 0 Å². The highest BCUT2D eigenvalue weighted by Crippen LogP contribution is 2.18. The van der Waals surface area contributed by atoms with E-state index in [-0.39, 0.29) is 12.0 Å².